The van der Waals surface area contributed by atoms with Gasteiger partial charge in [-0.05, 0) is 29.3 Å². The van der Waals surface area contributed by atoms with Crippen molar-refractivity contribution in [2.45, 2.75) is 13.1 Å². The summed E-state index contributed by atoms with van der Waals surface area (Å²) in [6.45, 7) is 0.825. The van der Waals surface area contributed by atoms with Crippen molar-refractivity contribution < 1.29 is 14.3 Å². The number of hydrogen-bond acceptors (Lipinski definition) is 3. The summed E-state index contributed by atoms with van der Waals surface area (Å²) in [5, 5.41) is 9.66. The number of hydrogen-bond donors (Lipinski definition) is 2. The van der Waals surface area contributed by atoms with Crippen molar-refractivity contribution in [3.63, 3.8) is 0 Å². The van der Waals surface area contributed by atoms with Crippen LogP contribution in [-0.4, -0.2) is 23.0 Å². The van der Waals surface area contributed by atoms with Gasteiger partial charge in [0.1, 0.15) is 11.6 Å². The molecule has 4 nitrogen and oxygen atoms in total. The first-order valence-electron chi connectivity index (χ1n) is 6.53. The van der Waals surface area contributed by atoms with Crippen molar-refractivity contribution in [1.29, 1.82) is 0 Å². The lowest BCUT2D eigenvalue weighted by molar-refractivity contribution is 0.0781. The average Bonchev–Trinajstić information content (AvgIpc) is 2.49. The SMILES string of the molecule is CN(Cc1ccc(CN)cc1)C(=O)c1cc(F)ccc1O. The molecule has 0 spiro atoms. The molecule has 2 rings (SSSR count). The fourth-order valence-electron chi connectivity index (χ4n) is 2.01. The van der Waals surface area contributed by atoms with Gasteiger partial charge < -0.3 is 15.7 Å². The molecular weight excluding hydrogens is 271 g/mol. The molecule has 0 unspecified atom stereocenters. The van der Waals surface area contributed by atoms with E-state index in [9.17, 15) is 14.3 Å². The number of halogens is 1. The van der Waals surface area contributed by atoms with Gasteiger partial charge in [-0.1, -0.05) is 24.3 Å². The highest BCUT2D eigenvalue weighted by atomic mass is 19.1. The zero-order chi connectivity index (χ0) is 15.4. The van der Waals surface area contributed by atoms with Crippen LogP contribution in [0.1, 0.15) is 21.5 Å². The Morgan fingerprint density at radius 2 is 1.81 bits per heavy atom. The summed E-state index contributed by atoms with van der Waals surface area (Å²) in [7, 11) is 1.60. The summed E-state index contributed by atoms with van der Waals surface area (Å²) >= 11 is 0. The van der Waals surface area contributed by atoms with Gasteiger partial charge in [-0.15, -0.1) is 0 Å². The molecule has 0 saturated heterocycles. The molecule has 3 N–H and O–H groups in total. The summed E-state index contributed by atoms with van der Waals surface area (Å²) in [6, 6.07) is 10.9. The topological polar surface area (TPSA) is 66.6 Å². The van der Waals surface area contributed by atoms with Crippen LogP contribution in [0.5, 0.6) is 5.75 Å². The molecule has 0 aliphatic carbocycles. The van der Waals surface area contributed by atoms with E-state index in [1.165, 1.54) is 11.0 Å². The Bertz CT molecular complexity index is 641. The second-order valence-corrected chi connectivity index (χ2v) is 4.84. The summed E-state index contributed by atoms with van der Waals surface area (Å²) in [5.74, 6) is -1.22. The monoisotopic (exact) mass is 288 g/mol. The van der Waals surface area contributed by atoms with Crippen LogP contribution in [0.15, 0.2) is 42.5 Å². The Morgan fingerprint density at radius 1 is 1.19 bits per heavy atom. The lowest BCUT2D eigenvalue weighted by Crippen LogP contribution is -2.26. The van der Waals surface area contributed by atoms with Crippen LogP contribution in [0.2, 0.25) is 0 Å². The van der Waals surface area contributed by atoms with Crippen molar-refractivity contribution in [1.82, 2.24) is 4.90 Å². The maximum Gasteiger partial charge on any atom is 0.257 e. The quantitative estimate of drug-likeness (QED) is 0.907. The molecule has 21 heavy (non-hydrogen) atoms. The number of amides is 1. The Morgan fingerprint density at radius 3 is 2.43 bits per heavy atom. The van der Waals surface area contributed by atoms with Gasteiger partial charge in [0.2, 0.25) is 0 Å². The number of carbonyl (C=O) groups excluding carboxylic acids is 1. The van der Waals surface area contributed by atoms with Gasteiger partial charge in [-0.2, -0.15) is 0 Å². The second-order valence-electron chi connectivity index (χ2n) is 4.84. The molecule has 110 valence electrons. The van der Waals surface area contributed by atoms with E-state index >= 15 is 0 Å². The van der Waals surface area contributed by atoms with Crippen molar-refractivity contribution >= 4 is 5.91 Å². The molecule has 0 heterocycles. The van der Waals surface area contributed by atoms with Crippen LogP contribution in [0.3, 0.4) is 0 Å². The number of rotatable bonds is 4. The molecule has 0 aliphatic heterocycles. The normalized spacial score (nSPS) is 10.4. The maximum absolute atomic E-state index is 13.2. The third-order valence-electron chi connectivity index (χ3n) is 3.21. The lowest BCUT2D eigenvalue weighted by Gasteiger charge is -2.18. The number of nitrogens with two attached hydrogens (primary N) is 1. The van der Waals surface area contributed by atoms with E-state index in [0.717, 1.165) is 23.3 Å². The fraction of sp³-hybridized carbons (Fsp3) is 0.188. The number of phenols is 1. The molecule has 0 saturated carbocycles. The number of aromatic hydroxyl groups is 1. The Labute approximate surface area is 122 Å². The Hall–Kier alpha value is -2.40. The average molecular weight is 288 g/mol. The van der Waals surface area contributed by atoms with E-state index in [0.29, 0.717) is 13.1 Å². The Kier molecular flexibility index (Phi) is 4.55. The molecule has 0 bridgehead atoms. The zero-order valence-corrected chi connectivity index (χ0v) is 11.7. The summed E-state index contributed by atoms with van der Waals surface area (Å²) in [6.07, 6.45) is 0. The third kappa shape index (κ3) is 3.58. The van der Waals surface area contributed by atoms with Gasteiger partial charge in [-0.3, -0.25) is 4.79 Å². The number of benzene rings is 2. The van der Waals surface area contributed by atoms with Crippen molar-refractivity contribution in [2.75, 3.05) is 7.05 Å². The summed E-state index contributed by atoms with van der Waals surface area (Å²) in [4.78, 5) is 13.6. The first-order valence-corrected chi connectivity index (χ1v) is 6.53. The van der Waals surface area contributed by atoms with E-state index in [1.54, 1.807) is 7.05 Å². The molecule has 2 aromatic rings. The number of carbonyl (C=O) groups is 1. The van der Waals surface area contributed by atoms with Gasteiger partial charge in [-0.25, -0.2) is 4.39 Å². The van der Waals surface area contributed by atoms with Gasteiger partial charge in [0.05, 0.1) is 5.56 Å². The van der Waals surface area contributed by atoms with Gasteiger partial charge >= 0.3 is 0 Å². The molecule has 0 aromatic heterocycles. The predicted molar refractivity (Wildman–Crippen MR) is 78.2 cm³/mol. The van der Waals surface area contributed by atoms with Crippen LogP contribution in [0, 0.1) is 5.82 Å². The fourth-order valence-corrected chi connectivity index (χ4v) is 2.01. The molecule has 1 amide bonds. The summed E-state index contributed by atoms with van der Waals surface area (Å²) < 4.78 is 13.2. The molecule has 0 atom stereocenters. The smallest absolute Gasteiger partial charge is 0.257 e. The van der Waals surface area contributed by atoms with E-state index in [-0.39, 0.29) is 11.3 Å². The van der Waals surface area contributed by atoms with Crippen LogP contribution in [0.4, 0.5) is 4.39 Å². The third-order valence-corrected chi connectivity index (χ3v) is 3.21. The molecule has 0 radical (unpaired) electrons. The van der Waals surface area contributed by atoms with E-state index in [1.807, 2.05) is 24.3 Å². The highest BCUT2D eigenvalue weighted by Crippen LogP contribution is 2.20. The maximum atomic E-state index is 13.2. The Balaban J connectivity index is 2.13. The molecule has 0 fully saturated rings. The largest absolute Gasteiger partial charge is 0.507 e. The van der Waals surface area contributed by atoms with Gasteiger partial charge in [0.25, 0.3) is 5.91 Å². The minimum atomic E-state index is -0.558. The van der Waals surface area contributed by atoms with Crippen molar-refractivity contribution in [3.05, 3.63) is 65.0 Å². The van der Waals surface area contributed by atoms with Crippen molar-refractivity contribution in [3.8, 4) is 5.75 Å². The first kappa shape index (κ1) is 15.0. The molecule has 2 aromatic carbocycles. The highest BCUT2D eigenvalue weighted by Gasteiger charge is 2.16. The van der Waals surface area contributed by atoms with Crippen LogP contribution in [0.25, 0.3) is 0 Å². The van der Waals surface area contributed by atoms with E-state index in [2.05, 4.69) is 0 Å². The van der Waals surface area contributed by atoms with Crippen LogP contribution in [-0.2, 0) is 13.1 Å². The van der Waals surface area contributed by atoms with Gasteiger partial charge in [0.15, 0.2) is 0 Å². The van der Waals surface area contributed by atoms with Gasteiger partial charge in [0, 0.05) is 20.1 Å². The van der Waals surface area contributed by atoms with E-state index in [4.69, 9.17) is 5.73 Å². The highest BCUT2D eigenvalue weighted by molar-refractivity contribution is 5.96. The first-order chi connectivity index (χ1) is 10.0. The molecule has 0 aliphatic rings. The van der Waals surface area contributed by atoms with Crippen LogP contribution >= 0.6 is 0 Å². The van der Waals surface area contributed by atoms with E-state index < -0.39 is 11.7 Å². The minimum absolute atomic E-state index is 0.0453. The molecule has 5 heteroatoms. The van der Waals surface area contributed by atoms with Crippen molar-refractivity contribution in [2.24, 2.45) is 5.73 Å². The minimum Gasteiger partial charge on any atom is -0.507 e. The predicted octanol–water partition coefficient (Wildman–Crippen LogP) is 2.26. The second kappa shape index (κ2) is 6.37. The van der Waals surface area contributed by atoms with Crippen LogP contribution < -0.4 is 5.73 Å². The summed E-state index contributed by atoms with van der Waals surface area (Å²) in [5.41, 5.74) is 7.42. The zero-order valence-electron chi connectivity index (χ0n) is 11.7. The lowest BCUT2D eigenvalue weighted by atomic mass is 10.1. The number of phenolic OH excluding ortho intramolecular Hbond substituents is 1. The molecular formula is C16H17FN2O2. The number of nitrogens with zero attached hydrogens (tertiary/aromatic N) is 1. The standard InChI is InChI=1S/C16H17FN2O2/c1-19(10-12-4-2-11(9-18)3-5-12)16(21)14-8-13(17)6-7-15(14)20/h2-8,20H,9-10,18H2,1H3.